The van der Waals surface area contributed by atoms with Gasteiger partial charge in [-0.3, -0.25) is 0 Å². The van der Waals surface area contributed by atoms with Gasteiger partial charge in [-0.25, -0.2) is 4.39 Å². The van der Waals surface area contributed by atoms with Crippen LogP contribution >= 0.6 is 22.6 Å². The van der Waals surface area contributed by atoms with Crippen molar-refractivity contribution in [1.82, 2.24) is 4.57 Å². The Hall–Kier alpha value is -1.04. The van der Waals surface area contributed by atoms with Gasteiger partial charge in [0.15, 0.2) is 0 Å². The highest BCUT2D eigenvalue weighted by atomic mass is 127. The number of hydrogen-bond donors (Lipinski definition) is 1. The van der Waals surface area contributed by atoms with Crippen LogP contribution in [0.15, 0.2) is 36.7 Å². The number of aromatic nitrogens is 1. The molecule has 0 radical (unpaired) electrons. The molecule has 0 unspecified atom stereocenters. The Morgan fingerprint density at radius 1 is 1.35 bits per heavy atom. The fourth-order valence-electron chi connectivity index (χ4n) is 1.62. The Kier molecular flexibility index (Phi) is 4.04. The molecule has 0 bridgehead atoms. The van der Waals surface area contributed by atoms with Gasteiger partial charge in [0.05, 0.1) is 0 Å². The lowest BCUT2D eigenvalue weighted by molar-refractivity contribution is 0.627. The standard InChI is InChI=1S/C13H14FIN2/c1-2-17-6-5-10(9-17)8-16-13-4-3-11(14)7-12(13)15/h3-7,9,16H,2,8H2,1H3. The molecule has 0 amide bonds. The van der Waals surface area contributed by atoms with Crippen LogP contribution in [0.4, 0.5) is 10.1 Å². The van der Waals surface area contributed by atoms with Crippen molar-refractivity contribution in [2.24, 2.45) is 0 Å². The predicted molar refractivity (Wildman–Crippen MR) is 76.5 cm³/mol. The Balaban J connectivity index is 2.02. The molecule has 17 heavy (non-hydrogen) atoms. The Labute approximate surface area is 114 Å². The highest BCUT2D eigenvalue weighted by Crippen LogP contribution is 2.19. The minimum absolute atomic E-state index is 0.197. The number of nitrogens with one attached hydrogen (secondary N) is 1. The Morgan fingerprint density at radius 3 is 2.82 bits per heavy atom. The average Bonchev–Trinajstić information content (AvgIpc) is 2.76. The zero-order chi connectivity index (χ0) is 12.3. The summed E-state index contributed by atoms with van der Waals surface area (Å²) in [5, 5.41) is 3.31. The van der Waals surface area contributed by atoms with E-state index in [-0.39, 0.29) is 5.82 Å². The molecule has 2 rings (SSSR count). The molecule has 0 aliphatic carbocycles. The summed E-state index contributed by atoms with van der Waals surface area (Å²) in [6.07, 6.45) is 4.18. The zero-order valence-corrected chi connectivity index (χ0v) is 11.7. The summed E-state index contributed by atoms with van der Waals surface area (Å²) in [5.41, 5.74) is 2.20. The SMILES string of the molecule is CCn1ccc(CNc2ccc(F)cc2I)c1. The summed E-state index contributed by atoms with van der Waals surface area (Å²) in [6.45, 7) is 3.85. The van der Waals surface area contributed by atoms with Crippen LogP contribution in [0.25, 0.3) is 0 Å². The first-order valence-corrected chi connectivity index (χ1v) is 6.60. The summed E-state index contributed by atoms with van der Waals surface area (Å²) in [4.78, 5) is 0. The first-order valence-electron chi connectivity index (χ1n) is 5.52. The van der Waals surface area contributed by atoms with E-state index < -0.39 is 0 Å². The van der Waals surface area contributed by atoms with Gasteiger partial charge in [-0.2, -0.15) is 0 Å². The van der Waals surface area contributed by atoms with Crippen LogP contribution in [-0.4, -0.2) is 4.57 Å². The van der Waals surface area contributed by atoms with Gasteiger partial charge in [0, 0.05) is 34.7 Å². The van der Waals surface area contributed by atoms with Crippen LogP contribution in [0.2, 0.25) is 0 Å². The van der Waals surface area contributed by atoms with Crippen molar-refractivity contribution in [2.45, 2.75) is 20.0 Å². The highest BCUT2D eigenvalue weighted by molar-refractivity contribution is 14.1. The molecular formula is C13H14FIN2. The lowest BCUT2D eigenvalue weighted by Gasteiger charge is -2.07. The smallest absolute Gasteiger partial charge is 0.124 e. The third-order valence-corrected chi connectivity index (χ3v) is 3.48. The fourth-order valence-corrected chi connectivity index (χ4v) is 2.29. The van der Waals surface area contributed by atoms with Gasteiger partial charge in [-0.1, -0.05) is 0 Å². The van der Waals surface area contributed by atoms with Gasteiger partial charge in [0.2, 0.25) is 0 Å². The number of rotatable bonds is 4. The molecule has 2 aromatic rings. The van der Waals surface area contributed by atoms with E-state index in [0.717, 1.165) is 22.3 Å². The highest BCUT2D eigenvalue weighted by Gasteiger charge is 2.01. The second kappa shape index (κ2) is 5.53. The van der Waals surface area contributed by atoms with Crippen LogP contribution < -0.4 is 5.32 Å². The number of anilines is 1. The molecule has 1 N–H and O–H groups in total. The van der Waals surface area contributed by atoms with Crippen LogP contribution in [0.3, 0.4) is 0 Å². The second-order valence-corrected chi connectivity index (χ2v) is 4.99. The molecule has 0 fully saturated rings. The summed E-state index contributed by atoms with van der Waals surface area (Å²) in [5.74, 6) is -0.197. The van der Waals surface area contributed by atoms with Crippen molar-refractivity contribution < 1.29 is 4.39 Å². The van der Waals surface area contributed by atoms with E-state index in [1.54, 1.807) is 6.07 Å². The first kappa shape index (κ1) is 12.4. The maximum atomic E-state index is 12.9. The monoisotopic (exact) mass is 344 g/mol. The number of halogens is 2. The van der Waals surface area contributed by atoms with Crippen molar-refractivity contribution in [1.29, 1.82) is 0 Å². The quantitative estimate of drug-likeness (QED) is 0.834. The van der Waals surface area contributed by atoms with E-state index in [1.807, 2.05) is 0 Å². The summed E-state index contributed by atoms with van der Waals surface area (Å²) in [7, 11) is 0. The third kappa shape index (κ3) is 3.21. The maximum absolute atomic E-state index is 12.9. The molecule has 0 aliphatic heterocycles. The Morgan fingerprint density at radius 2 is 2.18 bits per heavy atom. The van der Waals surface area contributed by atoms with Gasteiger partial charge in [0.1, 0.15) is 5.82 Å². The molecule has 0 spiro atoms. The molecule has 1 aromatic heterocycles. The van der Waals surface area contributed by atoms with Crippen molar-refractivity contribution in [2.75, 3.05) is 5.32 Å². The molecule has 0 atom stereocenters. The summed E-state index contributed by atoms with van der Waals surface area (Å²) in [6, 6.07) is 6.86. The molecular weight excluding hydrogens is 330 g/mol. The van der Waals surface area contributed by atoms with E-state index in [4.69, 9.17) is 0 Å². The van der Waals surface area contributed by atoms with E-state index in [0.29, 0.717) is 0 Å². The van der Waals surface area contributed by atoms with Crippen LogP contribution in [0.5, 0.6) is 0 Å². The lowest BCUT2D eigenvalue weighted by Crippen LogP contribution is -2.00. The number of aryl methyl sites for hydroxylation is 1. The maximum Gasteiger partial charge on any atom is 0.124 e. The van der Waals surface area contributed by atoms with Crippen molar-refractivity contribution >= 4 is 28.3 Å². The predicted octanol–water partition coefficient (Wildman–Crippen LogP) is 3.86. The third-order valence-electron chi connectivity index (χ3n) is 2.59. The van der Waals surface area contributed by atoms with E-state index >= 15 is 0 Å². The van der Waals surface area contributed by atoms with E-state index in [1.165, 1.54) is 17.7 Å². The molecule has 0 saturated carbocycles. The van der Waals surface area contributed by atoms with Gasteiger partial charge < -0.3 is 9.88 Å². The molecule has 90 valence electrons. The van der Waals surface area contributed by atoms with Crippen LogP contribution in [-0.2, 0) is 13.1 Å². The fraction of sp³-hybridized carbons (Fsp3) is 0.231. The minimum Gasteiger partial charge on any atom is -0.380 e. The van der Waals surface area contributed by atoms with Gasteiger partial charge in [-0.05, 0) is 59.3 Å². The van der Waals surface area contributed by atoms with Gasteiger partial charge >= 0.3 is 0 Å². The number of hydrogen-bond acceptors (Lipinski definition) is 1. The number of benzene rings is 1. The molecule has 0 aliphatic rings. The number of nitrogens with zero attached hydrogens (tertiary/aromatic N) is 1. The van der Waals surface area contributed by atoms with Crippen molar-refractivity contribution in [3.8, 4) is 0 Å². The molecule has 1 aromatic carbocycles. The lowest BCUT2D eigenvalue weighted by atomic mass is 10.3. The second-order valence-electron chi connectivity index (χ2n) is 3.83. The first-order chi connectivity index (χ1) is 8.19. The van der Waals surface area contributed by atoms with E-state index in [9.17, 15) is 4.39 Å². The van der Waals surface area contributed by atoms with Gasteiger partial charge in [-0.15, -0.1) is 0 Å². The topological polar surface area (TPSA) is 17.0 Å². The molecule has 1 heterocycles. The van der Waals surface area contributed by atoms with Crippen molar-refractivity contribution in [3.63, 3.8) is 0 Å². The normalized spacial score (nSPS) is 10.5. The molecule has 2 nitrogen and oxygen atoms in total. The van der Waals surface area contributed by atoms with Gasteiger partial charge in [0.25, 0.3) is 0 Å². The average molecular weight is 344 g/mol. The zero-order valence-electron chi connectivity index (χ0n) is 9.58. The summed E-state index contributed by atoms with van der Waals surface area (Å²) >= 11 is 2.13. The molecule has 4 heteroatoms. The Bertz CT molecular complexity index is 508. The van der Waals surface area contributed by atoms with Crippen molar-refractivity contribution in [3.05, 3.63) is 51.6 Å². The largest absolute Gasteiger partial charge is 0.380 e. The van der Waals surface area contributed by atoms with Crippen LogP contribution in [0, 0.1) is 9.39 Å². The van der Waals surface area contributed by atoms with E-state index in [2.05, 4.69) is 57.9 Å². The summed E-state index contributed by atoms with van der Waals surface area (Å²) < 4.78 is 16.0. The van der Waals surface area contributed by atoms with Crippen LogP contribution in [0.1, 0.15) is 12.5 Å². The minimum atomic E-state index is -0.197. The molecule has 0 saturated heterocycles.